The van der Waals surface area contributed by atoms with E-state index < -0.39 is 0 Å². The minimum Gasteiger partial charge on any atom is -0.351 e. The minimum absolute atomic E-state index is 0.0168. The van der Waals surface area contributed by atoms with Gasteiger partial charge in [-0.05, 0) is 29.4 Å². The van der Waals surface area contributed by atoms with Gasteiger partial charge in [0.2, 0.25) is 0 Å². The molecule has 0 aliphatic heterocycles. The van der Waals surface area contributed by atoms with Gasteiger partial charge in [0.1, 0.15) is 0 Å². The molecule has 2 nitrogen and oxygen atoms in total. The summed E-state index contributed by atoms with van der Waals surface area (Å²) >= 11 is 0. The van der Waals surface area contributed by atoms with Crippen LogP contribution in [0, 0.1) is 17.3 Å². The van der Waals surface area contributed by atoms with Gasteiger partial charge in [-0.25, -0.2) is 0 Å². The smallest absolute Gasteiger partial charge is 0.251 e. The first-order valence-corrected chi connectivity index (χ1v) is 6.71. The summed E-state index contributed by atoms with van der Waals surface area (Å²) in [7, 11) is 0. The summed E-state index contributed by atoms with van der Waals surface area (Å²) in [5.74, 6) is 1.09. The fraction of sp³-hybridized carbons (Fsp3) is 0.562. The minimum atomic E-state index is 0.0168. The summed E-state index contributed by atoms with van der Waals surface area (Å²) in [4.78, 5) is 12.0. The lowest BCUT2D eigenvalue weighted by Gasteiger charge is -2.38. The zero-order chi connectivity index (χ0) is 13.8. The van der Waals surface area contributed by atoms with Crippen molar-refractivity contribution >= 4 is 5.91 Å². The molecule has 0 saturated carbocycles. The quantitative estimate of drug-likeness (QED) is 0.844. The molecular formula is C16H25NO. The number of hydrogen-bond donors (Lipinski definition) is 1. The van der Waals surface area contributed by atoms with Crippen LogP contribution in [0.1, 0.15) is 45.0 Å². The van der Waals surface area contributed by atoms with Gasteiger partial charge in [0.15, 0.2) is 0 Å². The Morgan fingerprint density at radius 2 is 1.61 bits per heavy atom. The predicted molar refractivity (Wildman–Crippen MR) is 76.6 cm³/mol. The first-order chi connectivity index (χ1) is 8.38. The Kier molecular flexibility index (Phi) is 4.94. The van der Waals surface area contributed by atoms with E-state index in [2.05, 4.69) is 39.9 Å². The largest absolute Gasteiger partial charge is 0.351 e. The van der Waals surface area contributed by atoms with Crippen LogP contribution in [0.3, 0.4) is 0 Å². The summed E-state index contributed by atoms with van der Waals surface area (Å²) in [5, 5.41) is 3.06. The number of hydrogen-bond acceptors (Lipinski definition) is 1. The van der Waals surface area contributed by atoms with Crippen molar-refractivity contribution < 1.29 is 4.79 Å². The molecule has 0 fully saturated rings. The third-order valence-corrected chi connectivity index (χ3v) is 4.30. The fourth-order valence-electron chi connectivity index (χ4n) is 2.04. The number of rotatable bonds is 5. The molecule has 100 valence electrons. The Balaban J connectivity index is 2.67. The van der Waals surface area contributed by atoms with Crippen LogP contribution in [0.2, 0.25) is 0 Å². The average molecular weight is 247 g/mol. The van der Waals surface area contributed by atoms with Crippen LogP contribution in [0.4, 0.5) is 0 Å². The summed E-state index contributed by atoms with van der Waals surface area (Å²) in [5.41, 5.74) is 0.858. The average Bonchev–Trinajstić information content (AvgIpc) is 2.36. The second-order valence-electron chi connectivity index (χ2n) is 5.86. The van der Waals surface area contributed by atoms with Crippen molar-refractivity contribution in [1.82, 2.24) is 5.32 Å². The van der Waals surface area contributed by atoms with Crippen molar-refractivity contribution in [2.75, 3.05) is 6.54 Å². The topological polar surface area (TPSA) is 29.1 Å². The van der Waals surface area contributed by atoms with Gasteiger partial charge in [-0.2, -0.15) is 0 Å². The van der Waals surface area contributed by atoms with Crippen molar-refractivity contribution in [3.05, 3.63) is 35.9 Å². The SMILES string of the molecule is CC(C)C(C)(CNC(=O)c1ccccc1)C(C)C. The molecule has 1 rings (SSSR count). The number of carbonyl (C=O) groups is 1. The maximum atomic E-state index is 12.0. The zero-order valence-corrected chi connectivity index (χ0v) is 12.2. The van der Waals surface area contributed by atoms with Crippen LogP contribution in [-0.4, -0.2) is 12.5 Å². The molecule has 2 heteroatoms. The molecule has 0 aliphatic rings. The maximum Gasteiger partial charge on any atom is 0.251 e. The molecule has 1 N–H and O–H groups in total. The molecule has 0 heterocycles. The van der Waals surface area contributed by atoms with E-state index in [1.54, 1.807) is 0 Å². The van der Waals surface area contributed by atoms with Gasteiger partial charge < -0.3 is 5.32 Å². The highest BCUT2D eigenvalue weighted by molar-refractivity contribution is 5.94. The molecule has 0 unspecified atom stereocenters. The first-order valence-electron chi connectivity index (χ1n) is 6.71. The van der Waals surface area contributed by atoms with Crippen LogP contribution in [-0.2, 0) is 0 Å². The summed E-state index contributed by atoms with van der Waals surface area (Å²) in [6.07, 6.45) is 0. The lowest BCUT2D eigenvalue weighted by atomic mass is 9.70. The van der Waals surface area contributed by atoms with E-state index in [1.807, 2.05) is 30.3 Å². The van der Waals surface area contributed by atoms with E-state index in [1.165, 1.54) is 0 Å². The van der Waals surface area contributed by atoms with Crippen LogP contribution < -0.4 is 5.32 Å². The van der Waals surface area contributed by atoms with Crippen molar-refractivity contribution in [3.63, 3.8) is 0 Å². The normalized spacial score (nSPS) is 11.9. The van der Waals surface area contributed by atoms with Gasteiger partial charge in [-0.15, -0.1) is 0 Å². The third-order valence-electron chi connectivity index (χ3n) is 4.30. The van der Waals surface area contributed by atoms with E-state index >= 15 is 0 Å². The third kappa shape index (κ3) is 3.34. The maximum absolute atomic E-state index is 12.0. The van der Waals surface area contributed by atoms with Gasteiger partial charge in [0, 0.05) is 12.1 Å². The summed E-state index contributed by atoms with van der Waals surface area (Å²) in [6.45, 7) is 11.8. The van der Waals surface area contributed by atoms with Gasteiger partial charge in [-0.3, -0.25) is 4.79 Å². The number of amides is 1. The zero-order valence-electron chi connectivity index (χ0n) is 12.2. The van der Waals surface area contributed by atoms with E-state index in [0.29, 0.717) is 11.8 Å². The van der Waals surface area contributed by atoms with E-state index in [9.17, 15) is 4.79 Å². The van der Waals surface area contributed by atoms with Crippen LogP contribution >= 0.6 is 0 Å². The summed E-state index contributed by atoms with van der Waals surface area (Å²) < 4.78 is 0. The highest BCUT2D eigenvalue weighted by atomic mass is 16.1. The van der Waals surface area contributed by atoms with Crippen LogP contribution in [0.25, 0.3) is 0 Å². The van der Waals surface area contributed by atoms with E-state index in [-0.39, 0.29) is 11.3 Å². The molecule has 0 radical (unpaired) electrons. The highest BCUT2D eigenvalue weighted by Gasteiger charge is 2.32. The van der Waals surface area contributed by atoms with Crippen LogP contribution in [0.5, 0.6) is 0 Å². The second kappa shape index (κ2) is 6.03. The Morgan fingerprint density at radius 1 is 1.11 bits per heavy atom. The van der Waals surface area contributed by atoms with Crippen molar-refractivity contribution in [3.8, 4) is 0 Å². The lowest BCUT2D eigenvalue weighted by molar-refractivity contribution is 0.0868. The molecule has 0 saturated heterocycles. The van der Waals surface area contributed by atoms with Crippen molar-refractivity contribution in [1.29, 1.82) is 0 Å². The molecule has 1 amide bonds. The molecule has 0 spiro atoms. The fourth-order valence-corrected chi connectivity index (χ4v) is 2.04. The number of carbonyl (C=O) groups excluding carboxylic acids is 1. The monoisotopic (exact) mass is 247 g/mol. The Labute approximate surface area is 111 Å². The molecule has 1 aromatic rings. The van der Waals surface area contributed by atoms with Gasteiger partial charge in [0.05, 0.1) is 0 Å². The Morgan fingerprint density at radius 3 is 2.06 bits per heavy atom. The molecule has 0 aromatic heterocycles. The van der Waals surface area contributed by atoms with Gasteiger partial charge in [0.25, 0.3) is 5.91 Å². The number of benzene rings is 1. The molecule has 18 heavy (non-hydrogen) atoms. The first kappa shape index (κ1) is 14.7. The standard InChI is InChI=1S/C16H25NO/c1-12(2)16(5,13(3)4)11-17-15(18)14-9-7-6-8-10-14/h6-10,12-13H,11H2,1-5H3,(H,17,18). The second-order valence-corrected chi connectivity index (χ2v) is 5.86. The molecule has 1 aromatic carbocycles. The van der Waals surface area contributed by atoms with Gasteiger partial charge >= 0.3 is 0 Å². The Hall–Kier alpha value is -1.31. The van der Waals surface area contributed by atoms with Crippen LogP contribution in [0.15, 0.2) is 30.3 Å². The molecule has 0 atom stereocenters. The highest BCUT2D eigenvalue weighted by Crippen LogP contribution is 2.34. The van der Waals surface area contributed by atoms with E-state index in [4.69, 9.17) is 0 Å². The Bertz CT molecular complexity index is 373. The predicted octanol–water partition coefficient (Wildman–Crippen LogP) is 3.73. The lowest BCUT2D eigenvalue weighted by Crippen LogP contribution is -2.42. The van der Waals surface area contributed by atoms with Crippen molar-refractivity contribution in [2.24, 2.45) is 17.3 Å². The van der Waals surface area contributed by atoms with E-state index in [0.717, 1.165) is 12.1 Å². The molecule has 0 bridgehead atoms. The summed E-state index contributed by atoms with van der Waals surface area (Å²) in [6, 6.07) is 9.38. The molecule has 0 aliphatic carbocycles. The van der Waals surface area contributed by atoms with Gasteiger partial charge in [-0.1, -0.05) is 52.8 Å². The molecular weight excluding hydrogens is 222 g/mol. The number of nitrogens with one attached hydrogen (secondary N) is 1. The van der Waals surface area contributed by atoms with Crippen molar-refractivity contribution in [2.45, 2.75) is 34.6 Å².